The van der Waals surface area contributed by atoms with E-state index in [0.717, 1.165) is 4.90 Å². The summed E-state index contributed by atoms with van der Waals surface area (Å²) in [4.78, 5) is 38.9. The number of hydrogen-bond donors (Lipinski definition) is 1. The molecule has 9 heteroatoms. The SMILES string of the molecule is Cc1c(Cl)cccc1N1C(=O)NC(=O)/C(=C\c2ccc(OCc3cccc(F)c3)c(Br)c2)C1=O. The van der Waals surface area contributed by atoms with Crippen LogP contribution in [0.3, 0.4) is 0 Å². The fraction of sp³-hybridized carbons (Fsp3) is 0.0800. The summed E-state index contributed by atoms with van der Waals surface area (Å²) in [6.45, 7) is 1.84. The number of ether oxygens (including phenoxy) is 1. The van der Waals surface area contributed by atoms with E-state index in [9.17, 15) is 18.8 Å². The highest BCUT2D eigenvalue weighted by Gasteiger charge is 2.37. The number of nitrogens with one attached hydrogen (secondary N) is 1. The Labute approximate surface area is 208 Å². The van der Waals surface area contributed by atoms with E-state index in [4.69, 9.17) is 16.3 Å². The number of hydrogen-bond acceptors (Lipinski definition) is 4. The molecule has 1 N–H and O–H groups in total. The van der Waals surface area contributed by atoms with Crippen LogP contribution in [0.25, 0.3) is 6.08 Å². The van der Waals surface area contributed by atoms with Gasteiger partial charge in [-0.3, -0.25) is 14.9 Å². The van der Waals surface area contributed by atoms with Crippen molar-refractivity contribution in [2.75, 3.05) is 4.90 Å². The first kappa shape index (κ1) is 23.7. The molecule has 0 spiro atoms. The predicted octanol–water partition coefficient (Wildman–Crippen LogP) is 5.80. The number of barbiturate groups is 1. The normalized spacial score (nSPS) is 15.0. The molecule has 0 aliphatic carbocycles. The minimum absolute atomic E-state index is 0.160. The lowest BCUT2D eigenvalue weighted by Crippen LogP contribution is -2.54. The minimum atomic E-state index is -0.847. The van der Waals surface area contributed by atoms with Crippen molar-refractivity contribution in [3.63, 3.8) is 0 Å². The number of benzene rings is 3. The van der Waals surface area contributed by atoms with E-state index >= 15 is 0 Å². The van der Waals surface area contributed by atoms with Gasteiger partial charge in [0.15, 0.2) is 0 Å². The lowest BCUT2D eigenvalue weighted by atomic mass is 10.1. The first-order chi connectivity index (χ1) is 16.2. The molecule has 4 rings (SSSR count). The van der Waals surface area contributed by atoms with E-state index in [1.807, 2.05) is 0 Å². The Kier molecular flexibility index (Phi) is 6.81. The van der Waals surface area contributed by atoms with Gasteiger partial charge in [0, 0.05) is 5.02 Å². The minimum Gasteiger partial charge on any atom is -0.488 e. The van der Waals surface area contributed by atoms with Crippen LogP contribution >= 0.6 is 27.5 Å². The molecule has 0 atom stereocenters. The number of nitrogens with zero attached hydrogens (tertiary/aromatic N) is 1. The Morgan fingerprint density at radius 3 is 2.59 bits per heavy atom. The van der Waals surface area contributed by atoms with Gasteiger partial charge in [0.2, 0.25) is 0 Å². The van der Waals surface area contributed by atoms with Gasteiger partial charge in [-0.05, 0) is 82.0 Å². The van der Waals surface area contributed by atoms with Crippen molar-refractivity contribution in [1.82, 2.24) is 5.32 Å². The molecule has 1 aliphatic heterocycles. The molecule has 0 radical (unpaired) electrons. The molecule has 0 saturated carbocycles. The number of rotatable bonds is 5. The van der Waals surface area contributed by atoms with Crippen LogP contribution in [0.1, 0.15) is 16.7 Å². The number of anilines is 1. The highest BCUT2D eigenvalue weighted by Crippen LogP contribution is 2.31. The van der Waals surface area contributed by atoms with Crippen LogP contribution in [0.15, 0.2) is 70.7 Å². The number of amides is 4. The van der Waals surface area contributed by atoms with Crippen LogP contribution in [0, 0.1) is 12.7 Å². The van der Waals surface area contributed by atoms with Crippen molar-refractivity contribution in [3.05, 3.63) is 98.2 Å². The van der Waals surface area contributed by atoms with Crippen molar-refractivity contribution in [2.45, 2.75) is 13.5 Å². The summed E-state index contributed by atoms with van der Waals surface area (Å²) in [5, 5.41) is 2.58. The molecule has 1 saturated heterocycles. The molecule has 4 amide bonds. The van der Waals surface area contributed by atoms with Crippen LogP contribution in [-0.4, -0.2) is 17.8 Å². The lowest BCUT2D eigenvalue weighted by molar-refractivity contribution is -0.122. The van der Waals surface area contributed by atoms with Gasteiger partial charge in [0.1, 0.15) is 23.7 Å². The van der Waals surface area contributed by atoms with Gasteiger partial charge in [-0.2, -0.15) is 0 Å². The molecular formula is C25H17BrClFN2O4. The van der Waals surface area contributed by atoms with Gasteiger partial charge in [0.05, 0.1) is 10.2 Å². The highest BCUT2D eigenvalue weighted by molar-refractivity contribution is 9.10. The number of urea groups is 1. The molecular weight excluding hydrogens is 527 g/mol. The monoisotopic (exact) mass is 542 g/mol. The van der Waals surface area contributed by atoms with Gasteiger partial charge in [-0.25, -0.2) is 14.1 Å². The summed E-state index contributed by atoms with van der Waals surface area (Å²) < 4.78 is 19.7. The van der Waals surface area contributed by atoms with Gasteiger partial charge in [-0.15, -0.1) is 0 Å². The Hall–Kier alpha value is -3.49. The Morgan fingerprint density at radius 1 is 1.09 bits per heavy atom. The van der Waals surface area contributed by atoms with E-state index in [0.29, 0.717) is 31.9 Å². The maximum atomic E-state index is 13.4. The number of carbonyl (C=O) groups is 3. The molecule has 6 nitrogen and oxygen atoms in total. The molecule has 3 aromatic carbocycles. The third-order valence-corrected chi connectivity index (χ3v) is 6.16. The molecule has 1 aliphatic rings. The van der Waals surface area contributed by atoms with E-state index in [1.54, 1.807) is 55.5 Å². The Balaban J connectivity index is 1.59. The molecule has 1 heterocycles. The summed E-state index contributed by atoms with van der Waals surface area (Å²) in [6, 6.07) is 15.1. The fourth-order valence-electron chi connectivity index (χ4n) is 3.39. The zero-order chi connectivity index (χ0) is 24.4. The average Bonchev–Trinajstić information content (AvgIpc) is 2.79. The summed E-state index contributed by atoms with van der Waals surface area (Å²) >= 11 is 9.55. The van der Waals surface area contributed by atoms with Crippen LogP contribution in [0.2, 0.25) is 5.02 Å². The molecule has 34 heavy (non-hydrogen) atoms. The zero-order valence-corrected chi connectivity index (χ0v) is 20.1. The van der Waals surface area contributed by atoms with Crippen molar-refractivity contribution in [2.24, 2.45) is 0 Å². The molecule has 0 aromatic heterocycles. The highest BCUT2D eigenvalue weighted by atomic mass is 79.9. The second-order valence-corrected chi connectivity index (χ2v) is 8.71. The van der Waals surface area contributed by atoms with Crippen molar-refractivity contribution in [3.8, 4) is 5.75 Å². The topological polar surface area (TPSA) is 75.7 Å². The quantitative estimate of drug-likeness (QED) is 0.326. The number of carbonyl (C=O) groups excluding carboxylic acids is 3. The second-order valence-electron chi connectivity index (χ2n) is 7.45. The van der Waals surface area contributed by atoms with Crippen LogP contribution in [-0.2, 0) is 16.2 Å². The third-order valence-electron chi connectivity index (χ3n) is 5.13. The second kappa shape index (κ2) is 9.79. The Morgan fingerprint density at radius 2 is 1.85 bits per heavy atom. The zero-order valence-electron chi connectivity index (χ0n) is 17.8. The molecule has 0 bridgehead atoms. The first-order valence-corrected chi connectivity index (χ1v) is 11.2. The number of imide groups is 2. The van der Waals surface area contributed by atoms with Gasteiger partial charge >= 0.3 is 6.03 Å². The molecule has 172 valence electrons. The van der Waals surface area contributed by atoms with Crippen LogP contribution in [0.4, 0.5) is 14.9 Å². The summed E-state index contributed by atoms with van der Waals surface area (Å²) in [5.41, 5.74) is 1.81. The molecule has 0 unspecified atom stereocenters. The molecule has 1 fully saturated rings. The molecule has 3 aromatic rings. The number of halogens is 3. The standard InChI is InChI=1S/C25H17BrClFN2O4/c1-14-20(27)6-3-7-21(14)30-24(32)18(23(31)29-25(30)33)11-15-8-9-22(19(26)12-15)34-13-16-4-2-5-17(28)10-16/h2-12H,13H2,1H3,(H,29,31,33)/b18-11+. The van der Waals surface area contributed by atoms with E-state index < -0.39 is 17.8 Å². The first-order valence-electron chi connectivity index (χ1n) is 10.1. The maximum Gasteiger partial charge on any atom is 0.335 e. The van der Waals surface area contributed by atoms with Gasteiger partial charge in [-0.1, -0.05) is 35.9 Å². The van der Waals surface area contributed by atoms with E-state index in [-0.39, 0.29) is 23.7 Å². The maximum absolute atomic E-state index is 13.4. The van der Waals surface area contributed by atoms with E-state index in [2.05, 4.69) is 21.2 Å². The Bertz CT molecular complexity index is 1360. The van der Waals surface area contributed by atoms with Gasteiger partial charge in [0.25, 0.3) is 11.8 Å². The van der Waals surface area contributed by atoms with E-state index in [1.165, 1.54) is 18.2 Å². The largest absolute Gasteiger partial charge is 0.488 e. The summed E-state index contributed by atoms with van der Waals surface area (Å²) in [6.07, 6.45) is 1.39. The lowest BCUT2D eigenvalue weighted by Gasteiger charge is -2.27. The smallest absolute Gasteiger partial charge is 0.335 e. The average molecular weight is 544 g/mol. The third kappa shape index (κ3) is 4.88. The van der Waals surface area contributed by atoms with Crippen molar-refractivity contribution >= 4 is 57.1 Å². The van der Waals surface area contributed by atoms with Crippen LogP contribution in [0.5, 0.6) is 5.75 Å². The summed E-state index contributed by atoms with van der Waals surface area (Å²) in [7, 11) is 0. The van der Waals surface area contributed by atoms with Crippen molar-refractivity contribution in [1.29, 1.82) is 0 Å². The summed E-state index contributed by atoms with van der Waals surface area (Å²) in [5.74, 6) is -1.41. The van der Waals surface area contributed by atoms with Gasteiger partial charge < -0.3 is 4.74 Å². The predicted molar refractivity (Wildman–Crippen MR) is 130 cm³/mol. The fourth-order valence-corrected chi connectivity index (χ4v) is 4.07. The van der Waals surface area contributed by atoms with Crippen molar-refractivity contribution < 1.29 is 23.5 Å². The van der Waals surface area contributed by atoms with Crippen LogP contribution < -0.4 is 15.0 Å².